The van der Waals surface area contributed by atoms with E-state index in [-0.39, 0.29) is 0 Å². The molecule has 4 heteroatoms. The molecule has 2 atom stereocenters. The number of hydrogen-bond donors (Lipinski definition) is 0. The molecular weight excluding hydrogens is 300 g/mol. The van der Waals surface area contributed by atoms with Crippen LogP contribution in [0, 0.1) is 0 Å². The molecule has 130 valence electrons. The number of para-hydroxylation sites is 1. The first kappa shape index (κ1) is 15.8. The normalized spacial score (nSPS) is 29.6. The number of likely N-dealkylation sites (tertiary alicyclic amines) is 1. The monoisotopic (exact) mass is 328 g/mol. The Bertz CT molecular complexity index is 583. The summed E-state index contributed by atoms with van der Waals surface area (Å²) in [4.78, 5) is 17.3. The van der Waals surface area contributed by atoms with E-state index in [2.05, 4.69) is 28.0 Å². The third kappa shape index (κ3) is 2.76. The Morgan fingerprint density at radius 2 is 1.71 bits per heavy atom. The van der Waals surface area contributed by atoms with Crippen molar-refractivity contribution in [3.05, 3.63) is 29.8 Å². The van der Waals surface area contributed by atoms with Crippen LogP contribution in [-0.4, -0.2) is 48.1 Å². The molecule has 24 heavy (non-hydrogen) atoms. The summed E-state index contributed by atoms with van der Waals surface area (Å²) in [7, 11) is 1.75. The second-order valence-electron chi connectivity index (χ2n) is 7.53. The minimum atomic E-state index is 0.306. The van der Waals surface area contributed by atoms with Crippen LogP contribution >= 0.6 is 0 Å². The minimum absolute atomic E-state index is 0.306. The first-order valence-corrected chi connectivity index (χ1v) is 9.48. The summed E-state index contributed by atoms with van der Waals surface area (Å²) < 4.78 is 5.57. The van der Waals surface area contributed by atoms with E-state index < -0.39 is 0 Å². The molecule has 3 aliphatic rings. The van der Waals surface area contributed by atoms with Crippen molar-refractivity contribution in [1.82, 2.24) is 9.80 Å². The van der Waals surface area contributed by atoms with Crippen LogP contribution in [0.3, 0.4) is 0 Å². The Morgan fingerprint density at radius 3 is 2.38 bits per heavy atom. The summed E-state index contributed by atoms with van der Waals surface area (Å²) in [6, 6.07) is 9.52. The zero-order chi connectivity index (χ0) is 16.5. The van der Waals surface area contributed by atoms with Crippen LogP contribution in [0.4, 0.5) is 4.79 Å². The summed E-state index contributed by atoms with van der Waals surface area (Å²) in [5.41, 5.74) is 1.32. The highest BCUT2D eigenvalue weighted by Gasteiger charge is 2.45. The average molecular weight is 328 g/mol. The zero-order valence-corrected chi connectivity index (χ0v) is 14.6. The van der Waals surface area contributed by atoms with Crippen LogP contribution in [-0.2, 0) is 0 Å². The van der Waals surface area contributed by atoms with E-state index in [1.165, 1.54) is 24.8 Å². The van der Waals surface area contributed by atoms with E-state index >= 15 is 0 Å². The molecule has 1 aromatic rings. The van der Waals surface area contributed by atoms with E-state index in [9.17, 15) is 4.79 Å². The molecule has 4 rings (SSSR count). The highest BCUT2D eigenvalue weighted by molar-refractivity contribution is 5.76. The van der Waals surface area contributed by atoms with Gasteiger partial charge in [0.05, 0.1) is 7.11 Å². The largest absolute Gasteiger partial charge is 0.496 e. The van der Waals surface area contributed by atoms with Crippen molar-refractivity contribution < 1.29 is 9.53 Å². The van der Waals surface area contributed by atoms with E-state index in [1.54, 1.807) is 7.11 Å². The smallest absolute Gasteiger partial charge is 0.320 e. The summed E-state index contributed by atoms with van der Waals surface area (Å²) in [5.74, 6) is 1.52. The van der Waals surface area contributed by atoms with Crippen molar-refractivity contribution >= 4 is 6.03 Å². The van der Waals surface area contributed by atoms with Crippen LogP contribution in [0.1, 0.15) is 56.4 Å². The lowest BCUT2D eigenvalue weighted by Gasteiger charge is -2.42. The molecule has 3 aliphatic heterocycles. The van der Waals surface area contributed by atoms with E-state index in [1.807, 2.05) is 6.07 Å². The molecule has 0 N–H and O–H groups in total. The van der Waals surface area contributed by atoms with E-state index in [0.29, 0.717) is 24.0 Å². The number of nitrogens with zero attached hydrogens (tertiary/aromatic N) is 2. The zero-order valence-electron chi connectivity index (χ0n) is 14.6. The Morgan fingerprint density at radius 1 is 1.04 bits per heavy atom. The molecule has 3 saturated heterocycles. The molecule has 2 unspecified atom stereocenters. The van der Waals surface area contributed by atoms with Crippen molar-refractivity contribution in [2.24, 2.45) is 0 Å². The van der Waals surface area contributed by atoms with Gasteiger partial charge < -0.3 is 14.5 Å². The van der Waals surface area contributed by atoms with Crippen LogP contribution < -0.4 is 4.74 Å². The lowest BCUT2D eigenvalue weighted by molar-refractivity contribution is 0.0988. The second-order valence-corrected chi connectivity index (χ2v) is 7.53. The van der Waals surface area contributed by atoms with Crippen LogP contribution in [0.15, 0.2) is 24.3 Å². The van der Waals surface area contributed by atoms with Crippen molar-refractivity contribution in [2.75, 3.05) is 20.2 Å². The van der Waals surface area contributed by atoms with Crippen LogP contribution in [0.25, 0.3) is 0 Å². The van der Waals surface area contributed by atoms with Gasteiger partial charge in [0.1, 0.15) is 5.75 Å². The lowest BCUT2D eigenvalue weighted by Crippen LogP contribution is -2.53. The van der Waals surface area contributed by atoms with Crippen molar-refractivity contribution in [2.45, 2.75) is 62.9 Å². The number of amides is 2. The molecule has 2 bridgehead atoms. The number of fused-ring (bicyclic) bond motifs is 2. The maximum absolute atomic E-state index is 13.0. The molecular formula is C20H28N2O2. The second kappa shape index (κ2) is 6.66. The summed E-state index contributed by atoms with van der Waals surface area (Å²) >= 11 is 0. The first-order chi connectivity index (χ1) is 11.8. The van der Waals surface area contributed by atoms with Crippen LogP contribution in [0.5, 0.6) is 5.75 Å². The molecule has 0 spiro atoms. The van der Waals surface area contributed by atoms with E-state index in [4.69, 9.17) is 4.74 Å². The third-order valence-corrected chi connectivity index (χ3v) is 6.16. The van der Waals surface area contributed by atoms with Gasteiger partial charge in [-0.2, -0.15) is 0 Å². The minimum Gasteiger partial charge on any atom is -0.496 e. The fraction of sp³-hybridized carbons (Fsp3) is 0.650. The van der Waals surface area contributed by atoms with Gasteiger partial charge in [-0.05, 0) is 62.5 Å². The number of methoxy groups -OCH3 is 1. The standard InChI is InChI=1S/C20H28N2O2/c1-24-19-8-4-3-7-18(19)15-13-16-9-10-17(14-15)22(16)20(23)21-11-5-2-6-12-21/h3-4,7-8,15-17H,2,5-6,9-14H2,1H3. The number of hydrogen-bond acceptors (Lipinski definition) is 2. The van der Waals surface area contributed by atoms with Crippen molar-refractivity contribution in [3.63, 3.8) is 0 Å². The summed E-state index contributed by atoms with van der Waals surface area (Å²) in [6.07, 6.45) is 8.09. The maximum Gasteiger partial charge on any atom is 0.320 e. The molecule has 1 aromatic carbocycles. The number of ether oxygens (including phenoxy) is 1. The Hall–Kier alpha value is -1.71. The van der Waals surface area contributed by atoms with Crippen LogP contribution in [0.2, 0.25) is 0 Å². The van der Waals surface area contributed by atoms with Gasteiger partial charge in [-0.25, -0.2) is 4.79 Å². The predicted molar refractivity (Wildman–Crippen MR) is 94.4 cm³/mol. The lowest BCUT2D eigenvalue weighted by atomic mass is 9.84. The number of carbonyl (C=O) groups excluding carboxylic acids is 1. The number of rotatable bonds is 2. The molecule has 3 fully saturated rings. The Balaban J connectivity index is 1.50. The van der Waals surface area contributed by atoms with Gasteiger partial charge in [-0.1, -0.05) is 18.2 Å². The molecule has 0 aliphatic carbocycles. The van der Waals surface area contributed by atoms with Gasteiger partial charge in [-0.3, -0.25) is 0 Å². The predicted octanol–water partition coefficient (Wildman–Crippen LogP) is 4.01. The Kier molecular flexibility index (Phi) is 4.38. The number of carbonyl (C=O) groups is 1. The van der Waals surface area contributed by atoms with Gasteiger partial charge in [0.15, 0.2) is 0 Å². The summed E-state index contributed by atoms with van der Waals surface area (Å²) in [5, 5.41) is 0. The van der Waals surface area contributed by atoms with Gasteiger partial charge in [0.25, 0.3) is 0 Å². The molecule has 3 heterocycles. The average Bonchev–Trinajstić information content (AvgIpc) is 2.91. The van der Waals surface area contributed by atoms with Gasteiger partial charge in [0.2, 0.25) is 0 Å². The number of urea groups is 1. The quantitative estimate of drug-likeness (QED) is 0.822. The third-order valence-electron chi connectivity index (χ3n) is 6.16. The maximum atomic E-state index is 13.0. The topological polar surface area (TPSA) is 32.8 Å². The number of benzene rings is 1. The van der Waals surface area contributed by atoms with Crippen molar-refractivity contribution in [1.29, 1.82) is 0 Å². The fourth-order valence-electron chi connectivity index (χ4n) is 5.00. The molecule has 2 amide bonds. The van der Waals surface area contributed by atoms with Gasteiger partial charge in [0, 0.05) is 25.2 Å². The molecule has 0 aromatic heterocycles. The highest BCUT2D eigenvalue weighted by Crippen LogP contribution is 2.45. The van der Waals surface area contributed by atoms with Crippen molar-refractivity contribution in [3.8, 4) is 5.75 Å². The number of piperidine rings is 2. The Labute approximate surface area is 144 Å². The first-order valence-electron chi connectivity index (χ1n) is 9.48. The van der Waals surface area contributed by atoms with Gasteiger partial charge in [-0.15, -0.1) is 0 Å². The fourth-order valence-corrected chi connectivity index (χ4v) is 5.00. The molecule has 4 nitrogen and oxygen atoms in total. The molecule has 0 radical (unpaired) electrons. The highest BCUT2D eigenvalue weighted by atomic mass is 16.5. The van der Waals surface area contributed by atoms with Gasteiger partial charge >= 0.3 is 6.03 Å². The molecule has 0 saturated carbocycles. The SMILES string of the molecule is COc1ccccc1C1CC2CCC(C1)N2C(=O)N1CCCCC1. The van der Waals surface area contributed by atoms with E-state index in [0.717, 1.165) is 44.5 Å². The summed E-state index contributed by atoms with van der Waals surface area (Å²) in [6.45, 7) is 1.90.